The fourth-order valence-corrected chi connectivity index (χ4v) is 9.27. The van der Waals surface area contributed by atoms with Crippen LogP contribution in [0.25, 0.3) is 0 Å². The molecule has 232 valence electrons. The van der Waals surface area contributed by atoms with E-state index in [1.165, 1.54) is 27.9 Å². The van der Waals surface area contributed by atoms with E-state index in [1.807, 2.05) is 0 Å². The summed E-state index contributed by atoms with van der Waals surface area (Å²) in [6.45, 7) is 2.37. The summed E-state index contributed by atoms with van der Waals surface area (Å²) in [5.74, 6) is -0.834. The topological polar surface area (TPSA) is 130 Å². The highest BCUT2D eigenvalue weighted by Crippen LogP contribution is 2.42. The second-order valence-corrected chi connectivity index (χ2v) is 17.0. The number of aromatic nitrogens is 6. The van der Waals surface area contributed by atoms with Gasteiger partial charge in [0.15, 0.2) is 11.4 Å². The molecule has 4 rings (SSSR count). The van der Waals surface area contributed by atoms with Crippen LogP contribution in [-0.2, 0) is 56.6 Å². The molecular formula is C20H18Cl2F6N6O4S4. The number of hydrogen-bond acceptors (Lipinski definition) is 10. The van der Waals surface area contributed by atoms with Gasteiger partial charge in [-0.3, -0.25) is 9.36 Å². The quantitative estimate of drug-likeness (QED) is 0.230. The Kier molecular flexibility index (Phi) is 9.52. The first-order valence-corrected chi connectivity index (χ1v) is 16.4. The van der Waals surface area contributed by atoms with E-state index in [4.69, 9.17) is 23.2 Å². The van der Waals surface area contributed by atoms with E-state index in [9.17, 15) is 43.2 Å². The molecule has 0 atom stereocenters. The molecule has 0 aliphatic rings. The van der Waals surface area contributed by atoms with Crippen LogP contribution in [0.3, 0.4) is 0 Å². The summed E-state index contributed by atoms with van der Waals surface area (Å²) in [7, 11) is -5.59. The molecule has 0 aliphatic heterocycles. The lowest BCUT2D eigenvalue weighted by molar-refractivity contribution is -0.142. The zero-order valence-corrected chi connectivity index (χ0v) is 26.3. The van der Waals surface area contributed by atoms with Gasteiger partial charge in [-0.1, -0.05) is 45.9 Å². The molecule has 4 aromatic rings. The van der Waals surface area contributed by atoms with Crippen molar-refractivity contribution in [1.29, 1.82) is 0 Å². The third kappa shape index (κ3) is 7.26. The van der Waals surface area contributed by atoms with Crippen molar-refractivity contribution in [2.45, 2.75) is 45.4 Å². The van der Waals surface area contributed by atoms with Crippen LogP contribution < -0.4 is 0 Å². The Morgan fingerprint density at radius 3 is 1.69 bits per heavy atom. The van der Waals surface area contributed by atoms with Gasteiger partial charge in [0.05, 0.1) is 18.1 Å². The van der Waals surface area contributed by atoms with Crippen LogP contribution in [0.2, 0.25) is 8.67 Å². The first kappa shape index (κ1) is 34.2. The number of rotatable bonds is 6. The summed E-state index contributed by atoms with van der Waals surface area (Å²) in [5.41, 5.74) is -3.31. The highest BCUT2D eigenvalue weighted by atomic mass is 35.5. The van der Waals surface area contributed by atoms with Gasteiger partial charge < -0.3 is 0 Å². The van der Waals surface area contributed by atoms with Gasteiger partial charge in [0.2, 0.25) is 28.4 Å². The number of hydrogen-bond donors (Lipinski definition) is 0. The smallest absolute Gasteiger partial charge is 0.275 e. The van der Waals surface area contributed by atoms with E-state index in [0.29, 0.717) is 22.7 Å². The van der Waals surface area contributed by atoms with Crippen LogP contribution in [0.1, 0.15) is 36.4 Å². The second kappa shape index (κ2) is 11.7. The fourth-order valence-electron chi connectivity index (χ4n) is 3.40. The molecule has 0 amide bonds. The molecule has 0 N–H and O–H groups in total. The van der Waals surface area contributed by atoms with Crippen molar-refractivity contribution in [1.82, 2.24) is 29.5 Å². The molecule has 0 saturated carbocycles. The number of aryl methyl sites for hydroxylation is 2. The highest BCUT2D eigenvalue weighted by molar-refractivity contribution is 7.94. The van der Waals surface area contributed by atoms with E-state index in [0.717, 1.165) is 34.2 Å². The summed E-state index contributed by atoms with van der Waals surface area (Å²) < 4.78 is 126. The largest absolute Gasteiger partial charge is 0.435 e. The van der Waals surface area contributed by atoms with Gasteiger partial charge in [-0.05, 0) is 13.8 Å². The number of thiazole rings is 2. The minimum Gasteiger partial charge on any atom is -0.275 e. The van der Waals surface area contributed by atoms with Gasteiger partial charge in [0.25, 0.3) is 0 Å². The number of nitrogens with zero attached hydrogens (tertiary/aromatic N) is 6. The summed E-state index contributed by atoms with van der Waals surface area (Å²) >= 11 is 12.6. The van der Waals surface area contributed by atoms with Crippen molar-refractivity contribution in [3.8, 4) is 0 Å². The summed E-state index contributed by atoms with van der Waals surface area (Å²) in [4.78, 5) is 7.24. The maximum atomic E-state index is 13.1. The van der Waals surface area contributed by atoms with Gasteiger partial charge in [-0.2, -0.15) is 36.5 Å². The van der Waals surface area contributed by atoms with E-state index in [2.05, 4.69) is 20.2 Å². The molecule has 0 radical (unpaired) electrons. The predicted molar refractivity (Wildman–Crippen MR) is 142 cm³/mol. The number of halogens is 8. The van der Waals surface area contributed by atoms with Crippen molar-refractivity contribution in [3.63, 3.8) is 0 Å². The molecule has 0 unspecified atom stereocenters. The van der Waals surface area contributed by atoms with Crippen LogP contribution in [0.5, 0.6) is 0 Å². The Hall–Kier alpha value is -2.26. The third-order valence-electron chi connectivity index (χ3n) is 5.34. The molecule has 4 heterocycles. The Morgan fingerprint density at radius 1 is 0.786 bits per heavy atom. The van der Waals surface area contributed by atoms with Crippen molar-refractivity contribution in [2.75, 3.05) is 0 Å². The molecule has 0 aromatic carbocycles. The van der Waals surface area contributed by atoms with Crippen LogP contribution in [0, 0.1) is 0 Å². The van der Waals surface area contributed by atoms with Gasteiger partial charge in [-0.15, -0.1) is 0 Å². The minimum absolute atomic E-state index is 0.136. The van der Waals surface area contributed by atoms with Gasteiger partial charge in [-0.25, -0.2) is 26.8 Å². The van der Waals surface area contributed by atoms with Gasteiger partial charge in [0, 0.05) is 37.6 Å². The lowest BCUT2D eigenvalue weighted by atomic mass is 10.0. The number of sulfone groups is 2. The summed E-state index contributed by atoms with van der Waals surface area (Å²) in [6, 6.07) is 0. The van der Waals surface area contributed by atoms with Crippen molar-refractivity contribution in [2.24, 2.45) is 14.1 Å². The monoisotopic (exact) mass is 718 g/mol. The summed E-state index contributed by atoms with van der Waals surface area (Å²) in [6.07, 6.45) is -5.13. The molecule has 22 heteroatoms. The van der Waals surface area contributed by atoms with Gasteiger partial charge in [0.1, 0.15) is 13.4 Å². The lowest BCUT2D eigenvalue weighted by Gasteiger charge is -2.23. The molecular weight excluding hydrogens is 701 g/mol. The molecule has 0 spiro atoms. The highest BCUT2D eigenvalue weighted by Gasteiger charge is 2.48. The third-order valence-corrected chi connectivity index (χ3v) is 12.5. The SMILES string of the molecule is Cn1cc(C(C)(C)S(=O)(=O)c2ncc(Cl)s2)c(C(F)(F)F)n1.Cn1cc(CS(=O)(=O)c2ncc(Cl)s2)c(C(F)(F)F)n1. The van der Waals surface area contributed by atoms with Crippen LogP contribution >= 0.6 is 45.9 Å². The first-order chi connectivity index (χ1) is 19.0. The minimum atomic E-state index is -4.76. The van der Waals surface area contributed by atoms with Crippen molar-refractivity contribution in [3.05, 3.63) is 56.0 Å². The molecule has 0 saturated heterocycles. The normalized spacial score (nSPS) is 13.2. The molecule has 0 aliphatic carbocycles. The molecule has 0 bridgehead atoms. The van der Waals surface area contributed by atoms with Gasteiger partial charge >= 0.3 is 12.4 Å². The van der Waals surface area contributed by atoms with E-state index >= 15 is 0 Å². The molecule has 42 heavy (non-hydrogen) atoms. The van der Waals surface area contributed by atoms with Crippen molar-refractivity contribution < 1.29 is 43.2 Å². The zero-order valence-electron chi connectivity index (χ0n) is 21.5. The fraction of sp³-hybridized carbons (Fsp3) is 0.400. The average molecular weight is 720 g/mol. The van der Waals surface area contributed by atoms with Crippen LogP contribution in [-0.4, -0.2) is 46.4 Å². The maximum Gasteiger partial charge on any atom is 0.435 e. The van der Waals surface area contributed by atoms with E-state index in [1.54, 1.807) is 0 Å². The van der Waals surface area contributed by atoms with E-state index < -0.39 is 65.0 Å². The van der Waals surface area contributed by atoms with E-state index in [-0.39, 0.29) is 17.4 Å². The molecule has 0 fully saturated rings. The number of alkyl halides is 6. The Balaban J connectivity index is 0.000000231. The Labute approximate surface area is 252 Å². The second-order valence-electron chi connectivity index (χ2n) is 8.87. The maximum absolute atomic E-state index is 13.1. The van der Waals surface area contributed by atoms with Crippen LogP contribution in [0.4, 0.5) is 26.3 Å². The summed E-state index contributed by atoms with van der Waals surface area (Å²) in [5, 5.41) is 6.59. The predicted octanol–water partition coefficient (Wildman–Crippen LogP) is 5.78. The Bertz CT molecular complexity index is 1810. The first-order valence-electron chi connectivity index (χ1n) is 10.9. The average Bonchev–Trinajstić information content (AvgIpc) is 3.60. The lowest BCUT2D eigenvalue weighted by Crippen LogP contribution is -2.31. The van der Waals surface area contributed by atoms with Crippen LogP contribution in [0.15, 0.2) is 33.5 Å². The Morgan fingerprint density at radius 2 is 1.24 bits per heavy atom. The standard InChI is InChI=1S/C11H11ClF3N3O2S2.C9H7ClF3N3O2S2/c1-10(2,22(19,20)9-16-4-7(12)21-9)6-5-18(3)17-8(6)11(13,14)15;1-16-3-5(7(15-16)9(11,12)13)4-20(17,18)8-14-2-6(10)19-8/h4-5H,1-3H3;2-3H,4H2,1H3. The molecule has 4 aromatic heterocycles. The zero-order chi connectivity index (χ0) is 32.1. The molecule has 10 nitrogen and oxygen atoms in total. The van der Waals surface area contributed by atoms with Crippen molar-refractivity contribution >= 4 is 65.5 Å².